The summed E-state index contributed by atoms with van der Waals surface area (Å²) in [6, 6.07) is 21.2. The molecule has 6 amide bonds. The maximum atomic E-state index is 13.8. The third kappa shape index (κ3) is 15.0. The number of esters is 1. The van der Waals surface area contributed by atoms with Crippen LogP contribution in [0.1, 0.15) is 56.2 Å². The number of amides is 6. The number of aliphatic hydroxyl groups is 1. The molecule has 3 aromatic carbocycles. The Balaban J connectivity index is 1.41. The Labute approximate surface area is 355 Å². The van der Waals surface area contributed by atoms with Crippen molar-refractivity contribution in [2.24, 2.45) is 11.7 Å². The molecule has 4 rings (SSSR count). The summed E-state index contributed by atoms with van der Waals surface area (Å²) < 4.78 is 10.2. The normalized spacial score (nSPS) is 16.6. The predicted octanol–water partition coefficient (Wildman–Crippen LogP) is 1.21. The van der Waals surface area contributed by atoms with E-state index in [1.54, 1.807) is 67.6 Å². The summed E-state index contributed by atoms with van der Waals surface area (Å²) in [6.07, 6.45) is -1.29. The van der Waals surface area contributed by atoms with Crippen molar-refractivity contribution in [1.29, 1.82) is 0 Å². The molecule has 8 N–H and O–H groups in total. The molecule has 17 nitrogen and oxygen atoms in total. The molecule has 328 valence electrons. The summed E-state index contributed by atoms with van der Waals surface area (Å²) in [4.78, 5) is 93.5. The Morgan fingerprint density at radius 2 is 1.31 bits per heavy atom. The predicted molar refractivity (Wildman–Crippen MR) is 224 cm³/mol. The molecule has 3 aromatic rings. The molecule has 1 heterocycles. The minimum absolute atomic E-state index is 0.00620. The number of benzene rings is 3. The lowest BCUT2D eigenvalue weighted by Crippen LogP contribution is -2.59. The lowest BCUT2D eigenvalue weighted by Gasteiger charge is -2.32. The zero-order valence-corrected chi connectivity index (χ0v) is 34.7. The van der Waals surface area contributed by atoms with Crippen LogP contribution >= 0.6 is 0 Å². The smallest absolute Gasteiger partial charge is 0.408 e. The highest BCUT2D eigenvalue weighted by atomic mass is 16.5. The molecule has 0 aliphatic carbocycles. The van der Waals surface area contributed by atoms with Gasteiger partial charge in [-0.25, -0.2) is 9.59 Å². The average Bonchev–Trinajstić information content (AvgIpc) is 3.77. The van der Waals surface area contributed by atoms with Gasteiger partial charge in [-0.15, -0.1) is 0 Å². The quantitative estimate of drug-likeness (QED) is 0.0709. The van der Waals surface area contributed by atoms with E-state index in [9.17, 15) is 38.7 Å². The van der Waals surface area contributed by atoms with E-state index in [1.807, 2.05) is 37.3 Å². The first-order valence-electron chi connectivity index (χ1n) is 20.3. The highest BCUT2D eigenvalue weighted by Crippen LogP contribution is 2.21. The number of aliphatic hydroxyl groups excluding tert-OH is 1. The van der Waals surface area contributed by atoms with E-state index in [4.69, 9.17) is 15.2 Å². The van der Waals surface area contributed by atoms with Crippen molar-refractivity contribution < 1.29 is 48.1 Å². The van der Waals surface area contributed by atoms with Crippen molar-refractivity contribution in [1.82, 2.24) is 31.5 Å². The van der Waals surface area contributed by atoms with E-state index < -0.39 is 84.5 Å². The summed E-state index contributed by atoms with van der Waals surface area (Å²) in [5.41, 5.74) is 7.57. The Bertz CT molecular complexity index is 1920. The number of hydrogen-bond donors (Lipinski definition) is 7. The summed E-state index contributed by atoms with van der Waals surface area (Å²) in [5, 5.41) is 24.5. The third-order valence-electron chi connectivity index (χ3n) is 10.5. The van der Waals surface area contributed by atoms with Crippen LogP contribution in [0.25, 0.3) is 0 Å². The Kier molecular flexibility index (Phi) is 18.7. The lowest BCUT2D eigenvalue weighted by atomic mass is 9.96. The minimum Gasteiger partial charge on any atom is -0.467 e. The number of nitrogens with two attached hydrogens (primary N) is 1. The average molecular weight is 844 g/mol. The second-order valence-electron chi connectivity index (χ2n) is 14.9. The molecule has 1 fully saturated rings. The number of rotatable bonds is 22. The van der Waals surface area contributed by atoms with Crippen molar-refractivity contribution in [3.8, 4) is 0 Å². The number of nitrogens with one attached hydrogen (secondary N) is 5. The van der Waals surface area contributed by atoms with Crippen LogP contribution in [0.4, 0.5) is 4.79 Å². The maximum absolute atomic E-state index is 13.8. The number of hydrogen-bond acceptors (Lipinski definition) is 11. The molecule has 17 heteroatoms. The molecule has 1 aliphatic heterocycles. The Hall–Kier alpha value is -6.33. The molecule has 7 atom stereocenters. The second-order valence-corrected chi connectivity index (χ2v) is 14.9. The number of carbonyl (C=O) groups excluding carboxylic acids is 7. The van der Waals surface area contributed by atoms with E-state index in [-0.39, 0.29) is 31.9 Å². The van der Waals surface area contributed by atoms with Crippen molar-refractivity contribution in [2.75, 3.05) is 20.2 Å². The van der Waals surface area contributed by atoms with Gasteiger partial charge in [0.25, 0.3) is 0 Å². The number of likely N-dealkylation sites (tertiary alicyclic amines) is 1. The molecule has 61 heavy (non-hydrogen) atoms. The van der Waals surface area contributed by atoms with Crippen LogP contribution in [0, 0.1) is 5.92 Å². The van der Waals surface area contributed by atoms with Gasteiger partial charge in [-0.3, -0.25) is 28.9 Å². The standard InChI is InChI=1S/C44H57N7O10/c1-4-28(2)38(42(57)48-34(43(58)60-3)24-30-17-10-6-11-18-30)50-41(56)35-21-14-22-51(35)37(53)26-46-39(54)32(23-29-15-8-5-9-16-29)47-40(55)33(25-36(45)52)49-44(59)61-27-31-19-12-7-13-20-31/h5-13,15-20,28,32-35,37-38,53H,4,14,21-27H2,1-3H3,(H2,45,52)(H,46,54)(H,47,55)(H,48,57)(H,49,59)(H,50,56)/t28-,32-,33-,34-,35-,37?,38-/m0/s1. The summed E-state index contributed by atoms with van der Waals surface area (Å²) in [7, 11) is 1.23. The molecule has 1 aliphatic rings. The molecule has 0 spiro atoms. The summed E-state index contributed by atoms with van der Waals surface area (Å²) in [6.45, 7) is 3.55. The lowest BCUT2D eigenvalue weighted by molar-refractivity contribution is -0.145. The van der Waals surface area contributed by atoms with Crippen LogP contribution in [0.5, 0.6) is 0 Å². The second kappa shape index (κ2) is 24.1. The van der Waals surface area contributed by atoms with Crippen molar-refractivity contribution in [3.05, 3.63) is 108 Å². The van der Waals surface area contributed by atoms with Crippen LogP contribution in [-0.2, 0) is 57.7 Å². The third-order valence-corrected chi connectivity index (χ3v) is 10.5. The molecule has 1 unspecified atom stereocenters. The Morgan fingerprint density at radius 3 is 1.87 bits per heavy atom. The van der Waals surface area contributed by atoms with Crippen molar-refractivity contribution in [3.63, 3.8) is 0 Å². The van der Waals surface area contributed by atoms with Crippen LogP contribution in [0.2, 0.25) is 0 Å². The molecule has 0 bridgehead atoms. The number of carbonyl (C=O) groups is 7. The van der Waals surface area contributed by atoms with Crippen molar-refractivity contribution in [2.45, 2.75) is 95.4 Å². The topological polar surface area (TPSA) is 248 Å². The number of alkyl carbamates (subject to hydrolysis) is 1. The fourth-order valence-electron chi connectivity index (χ4n) is 6.91. The summed E-state index contributed by atoms with van der Waals surface area (Å²) in [5.74, 6) is -4.48. The first-order chi connectivity index (χ1) is 29.3. The van der Waals surface area contributed by atoms with Gasteiger partial charge in [-0.1, -0.05) is 111 Å². The highest BCUT2D eigenvalue weighted by molar-refractivity contribution is 5.94. The van der Waals surface area contributed by atoms with Gasteiger partial charge in [0, 0.05) is 19.4 Å². The van der Waals surface area contributed by atoms with E-state index in [0.717, 1.165) is 5.56 Å². The van der Waals surface area contributed by atoms with Crippen molar-refractivity contribution >= 4 is 41.6 Å². The number of primary amides is 1. The van der Waals surface area contributed by atoms with Crippen LogP contribution in [-0.4, -0.2) is 108 Å². The van der Waals surface area contributed by atoms with Gasteiger partial charge in [-0.05, 0) is 35.4 Å². The van der Waals surface area contributed by atoms with Gasteiger partial charge in [0.05, 0.1) is 26.1 Å². The summed E-state index contributed by atoms with van der Waals surface area (Å²) >= 11 is 0. The van der Waals surface area contributed by atoms with Gasteiger partial charge in [0.1, 0.15) is 37.0 Å². The number of ether oxygens (including phenoxy) is 2. The van der Waals surface area contributed by atoms with Gasteiger partial charge >= 0.3 is 12.1 Å². The fraction of sp³-hybridized carbons (Fsp3) is 0.432. The largest absolute Gasteiger partial charge is 0.467 e. The molecule has 0 radical (unpaired) electrons. The zero-order chi connectivity index (χ0) is 44.3. The van der Waals surface area contributed by atoms with E-state index >= 15 is 0 Å². The first kappa shape index (κ1) is 47.3. The Morgan fingerprint density at radius 1 is 0.754 bits per heavy atom. The highest BCUT2D eigenvalue weighted by Gasteiger charge is 2.38. The number of methoxy groups -OCH3 is 1. The minimum atomic E-state index is -1.47. The van der Waals surface area contributed by atoms with Crippen LogP contribution in [0.3, 0.4) is 0 Å². The first-order valence-corrected chi connectivity index (χ1v) is 20.3. The molecule has 1 saturated heterocycles. The van der Waals surface area contributed by atoms with E-state index in [2.05, 4.69) is 26.6 Å². The van der Waals surface area contributed by atoms with Gasteiger partial charge in [-0.2, -0.15) is 0 Å². The van der Waals surface area contributed by atoms with Gasteiger partial charge in [0.2, 0.25) is 29.5 Å². The molecular weight excluding hydrogens is 787 g/mol. The monoisotopic (exact) mass is 843 g/mol. The van der Waals surface area contributed by atoms with Gasteiger partial charge in [0.15, 0.2) is 0 Å². The SMILES string of the molecule is CC[C@H](C)[C@H](NC(=O)[C@@H]1CCCN1C(O)CNC(=O)[C@H](Cc1ccccc1)NC(=O)[C@H](CC(N)=O)NC(=O)OCc1ccccc1)C(=O)N[C@@H](Cc1ccccc1)C(=O)OC. The maximum Gasteiger partial charge on any atom is 0.408 e. The number of nitrogens with zero attached hydrogens (tertiary/aromatic N) is 1. The van der Waals surface area contributed by atoms with Gasteiger partial charge < -0.3 is 46.9 Å². The molecule has 0 aromatic heterocycles. The van der Waals surface area contributed by atoms with Crippen LogP contribution < -0.4 is 32.3 Å². The molecular formula is C44H57N7O10. The van der Waals surface area contributed by atoms with E-state index in [1.165, 1.54) is 12.0 Å². The van der Waals surface area contributed by atoms with Crippen LogP contribution in [0.15, 0.2) is 91.0 Å². The fourth-order valence-corrected chi connectivity index (χ4v) is 6.91. The molecule has 0 saturated carbocycles. The van der Waals surface area contributed by atoms with E-state index in [0.29, 0.717) is 36.9 Å². The zero-order valence-electron chi connectivity index (χ0n) is 34.7.